The van der Waals surface area contributed by atoms with Crippen LogP contribution in [-0.4, -0.2) is 41.6 Å². The van der Waals surface area contributed by atoms with E-state index in [4.69, 9.17) is 0 Å². The quantitative estimate of drug-likeness (QED) is 0.888. The van der Waals surface area contributed by atoms with Crippen molar-refractivity contribution in [3.8, 4) is 0 Å². The third-order valence-corrected chi connectivity index (χ3v) is 4.81. The molecule has 0 aromatic carbocycles. The minimum Gasteiger partial charge on any atom is -0.314 e. The topological polar surface area (TPSA) is 28.2 Å². The lowest BCUT2D eigenvalue weighted by Gasteiger charge is -2.37. The lowest BCUT2D eigenvalue weighted by Crippen LogP contribution is -2.47. The van der Waals surface area contributed by atoms with Crippen molar-refractivity contribution in [1.29, 1.82) is 0 Å². The highest BCUT2D eigenvalue weighted by atomic mass is 32.1. The molecule has 1 N–H and O–H groups in total. The number of nitrogens with one attached hydrogen (secondary N) is 1. The Morgan fingerprint density at radius 3 is 3.00 bits per heavy atom. The highest BCUT2D eigenvalue weighted by molar-refractivity contribution is 7.09. The maximum absolute atomic E-state index is 4.54. The van der Waals surface area contributed by atoms with Crippen LogP contribution in [0.25, 0.3) is 0 Å². The second kappa shape index (κ2) is 6.64. The van der Waals surface area contributed by atoms with E-state index in [2.05, 4.69) is 41.4 Å². The molecular weight excluding hydrogens is 242 g/mol. The summed E-state index contributed by atoms with van der Waals surface area (Å²) in [5.74, 6) is 0. The molecule has 1 aromatic rings. The first-order chi connectivity index (χ1) is 8.69. The molecule has 2 unspecified atom stereocenters. The summed E-state index contributed by atoms with van der Waals surface area (Å²) in [7, 11) is 0. The fourth-order valence-electron chi connectivity index (χ4n) is 2.78. The molecule has 3 nitrogen and oxygen atoms in total. The molecule has 102 valence electrons. The van der Waals surface area contributed by atoms with E-state index in [9.17, 15) is 0 Å². The molecule has 0 amide bonds. The van der Waals surface area contributed by atoms with Crippen LogP contribution in [-0.2, 0) is 6.42 Å². The van der Waals surface area contributed by atoms with Crippen LogP contribution in [0.15, 0.2) is 5.38 Å². The number of nitrogens with zero attached hydrogens (tertiary/aromatic N) is 2. The molecule has 1 saturated heterocycles. The first kappa shape index (κ1) is 14.0. The summed E-state index contributed by atoms with van der Waals surface area (Å²) in [6.45, 7) is 10.1. The number of aromatic nitrogens is 1. The van der Waals surface area contributed by atoms with Crippen molar-refractivity contribution >= 4 is 11.3 Å². The summed E-state index contributed by atoms with van der Waals surface area (Å²) >= 11 is 1.80. The van der Waals surface area contributed by atoms with Gasteiger partial charge in [0, 0.05) is 36.1 Å². The monoisotopic (exact) mass is 267 g/mol. The normalized spacial score (nSPS) is 25.5. The van der Waals surface area contributed by atoms with E-state index in [1.807, 2.05) is 0 Å². The van der Waals surface area contributed by atoms with Gasteiger partial charge in [-0.25, -0.2) is 4.98 Å². The van der Waals surface area contributed by atoms with Crippen LogP contribution < -0.4 is 5.32 Å². The van der Waals surface area contributed by atoms with E-state index in [0.717, 1.165) is 31.2 Å². The van der Waals surface area contributed by atoms with Crippen LogP contribution in [0.4, 0.5) is 0 Å². The van der Waals surface area contributed by atoms with Gasteiger partial charge in [-0.05, 0) is 39.8 Å². The van der Waals surface area contributed by atoms with Crippen molar-refractivity contribution in [3.63, 3.8) is 0 Å². The van der Waals surface area contributed by atoms with E-state index in [1.165, 1.54) is 24.4 Å². The summed E-state index contributed by atoms with van der Waals surface area (Å²) in [6, 6.07) is 1.42. The number of thiazole rings is 1. The molecule has 1 aliphatic heterocycles. The second-order valence-electron chi connectivity index (χ2n) is 5.30. The van der Waals surface area contributed by atoms with Gasteiger partial charge in [0.1, 0.15) is 0 Å². The molecule has 4 heteroatoms. The lowest BCUT2D eigenvalue weighted by molar-refractivity contribution is 0.138. The van der Waals surface area contributed by atoms with Gasteiger partial charge in [-0.15, -0.1) is 11.3 Å². The summed E-state index contributed by atoms with van der Waals surface area (Å²) in [5, 5.41) is 7.01. The molecule has 2 rings (SSSR count). The molecule has 1 aromatic heterocycles. The first-order valence-corrected chi connectivity index (χ1v) is 7.95. The third-order valence-electron chi connectivity index (χ3n) is 3.79. The maximum atomic E-state index is 4.54. The molecule has 0 bridgehead atoms. The van der Waals surface area contributed by atoms with Crippen molar-refractivity contribution in [2.75, 3.05) is 19.6 Å². The number of hydrogen-bond acceptors (Lipinski definition) is 4. The zero-order chi connectivity index (χ0) is 13.0. The van der Waals surface area contributed by atoms with Crippen molar-refractivity contribution in [3.05, 3.63) is 16.1 Å². The Hall–Kier alpha value is -0.450. The lowest BCUT2D eigenvalue weighted by atomic mass is 9.98. The Labute approximate surface area is 115 Å². The van der Waals surface area contributed by atoms with Gasteiger partial charge in [-0.1, -0.05) is 6.92 Å². The van der Waals surface area contributed by atoms with Crippen LogP contribution >= 0.6 is 11.3 Å². The van der Waals surface area contributed by atoms with Crippen LogP contribution in [0.5, 0.6) is 0 Å². The maximum Gasteiger partial charge on any atom is 0.0940 e. The molecular formula is C14H25N3S. The van der Waals surface area contributed by atoms with Gasteiger partial charge < -0.3 is 10.2 Å². The van der Waals surface area contributed by atoms with Gasteiger partial charge in [-0.3, -0.25) is 0 Å². The SMILES string of the molecule is CCNC1CCN(CCc2nc(C)cs2)C(C)C1. The van der Waals surface area contributed by atoms with Crippen molar-refractivity contribution < 1.29 is 0 Å². The van der Waals surface area contributed by atoms with Crippen LogP contribution in [0.1, 0.15) is 37.4 Å². The van der Waals surface area contributed by atoms with E-state index >= 15 is 0 Å². The Bertz CT molecular complexity index is 364. The van der Waals surface area contributed by atoms with Crippen molar-refractivity contribution in [2.45, 2.75) is 52.1 Å². The predicted molar refractivity (Wildman–Crippen MR) is 78.3 cm³/mol. The standard InChI is InChI=1S/C14H25N3S/c1-4-15-13-5-7-17(12(3)9-13)8-6-14-16-11(2)10-18-14/h10,12-13,15H,4-9H2,1-3H3. The average molecular weight is 267 g/mol. The first-order valence-electron chi connectivity index (χ1n) is 7.07. The number of piperidine rings is 1. The fourth-order valence-corrected chi connectivity index (χ4v) is 3.55. The number of rotatable bonds is 5. The van der Waals surface area contributed by atoms with Crippen molar-refractivity contribution in [1.82, 2.24) is 15.2 Å². The van der Waals surface area contributed by atoms with E-state index < -0.39 is 0 Å². The Kier molecular flexibility index (Phi) is 5.15. The van der Waals surface area contributed by atoms with Gasteiger partial charge in [0.25, 0.3) is 0 Å². The Morgan fingerprint density at radius 2 is 2.39 bits per heavy atom. The Balaban J connectivity index is 1.77. The summed E-state index contributed by atoms with van der Waals surface area (Å²) in [6.07, 6.45) is 3.68. The minimum atomic E-state index is 0.698. The van der Waals surface area contributed by atoms with Gasteiger partial charge in [0.2, 0.25) is 0 Å². The predicted octanol–water partition coefficient (Wildman–Crippen LogP) is 2.46. The van der Waals surface area contributed by atoms with Gasteiger partial charge in [0.05, 0.1) is 5.01 Å². The molecule has 1 fully saturated rings. The second-order valence-corrected chi connectivity index (χ2v) is 6.24. The third kappa shape index (κ3) is 3.77. The minimum absolute atomic E-state index is 0.698. The van der Waals surface area contributed by atoms with Gasteiger partial charge in [0.15, 0.2) is 0 Å². The molecule has 1 aliphatic rings. The Morgan fingerprint density at radius 1 is 1.56 bits per heavy atom. The van der Waals surface area contributed by atoms with Crippen molar-refractivity contribution in [2.24, 2.45) is 0 Å². The number of aryl methyl sites for hydroxylation is 1. The molecule has 2 heterocycles. The van der Waals surface area contributed by atoms with E-state index in [0.29, 0.717) is 6.04 Å². The number of hydrogen-bond donors (Lipinski definition) is 1. The zero-order valence-corrected chi connectivity index (χ0v) is 12.6. The molecule has 0 saturated carbocycles. The van der Waals surface area contributed by atoms with Crippen LogP contribution in [0.3, 0.4) is 0 Å². The van der Waals surface area contributed by atoms with E-state index in [1.54, 1.807) is 11.3 Å². The molecule has 0 aliphatic carbocycles. The van der Waals surface area contributed by atoms with Crippen LogP contribution in [0.2, 0.25) is 0 Å². The van der Waals surface area contributed by atoms with Gasteiger partial charge >= 0.3 is 0 Å². The highest BCUT2D eigenvalue weighted by Crippen LogP contribution is 2.18. The zero-order valence-electron chi connectivity index (χ0n) is 11.8. The summed E-state index contributed by atoms with van der Waals surface area (Å²) in [5.41, 5.74) is 1.16. The molecule has 0 spiro atoms. The largest absolute Gasteiger partial charge is 0.314 e. The smallest absolute Gasteiger partial charge is 0.0940 e. The highest BCUT2D eigenvalue weighted by Gasteiger charge is 2.24. The fraction of sp³-hybridized carbons (Fsp3) is 0.786. The van der Waals surface area contributed by atoms with Crippen LogP contribution in [0, 0.1) is 6.92 Å². The molecule has 0 radical (unpaired) electrons. The molecule has 18 heavy (non-hydrogen) atoms. The number of likely N-dealkylation sites (tertiary alicyclic amines) is 1. The summed E-state index contributed by atoms with van der Waals surface area (Å²) < 4.78 is 0. The molecule has 2 atom stereocenters. The average Bonchev–Trinajstić information content (AvgIpc) is 2.74. The van der Waals surface area contributed by atoms with Gasteiger partial charge in [-0.2, -0.15) is 0 Å². The van der Waals surface area contributed by atoms with E-state index in [-0.39, 0.29) is 0 Å². The summed E-state index contributed by atoms with van der Waals surface area (Å²) in [4.78, 5) is 7.16.